The number of piperidine rings is 1. The lowest BCUT2D eigenvalue weighted by atomic mass is 9.82. The number of hydrogen-bond donors (Lipinski definition) is 1. The van der Waals surface area contributed by atoms with Crippen LogP contribution in [0, 0.1) is 5.82 Å². The first-order chi connectivity index (χ1) is 15.9. The van der Waals surface area contributed by atoms with Gasteiger partial charge in [0, 0.05) is 43.4 Å². The van der Waals surface area contributed by atoms with Crippen LogP contribution in [0.3, 0.4) is 0 Å². The van der Waals surface area contributed by atoms with Gasteiger partial charge in [-0.15, -0.1) is 0 Å². The molecule has 33 heavy (non-hydrogen) atoms. The lowest BCUT2D eigenvalue weighted by Gasteiger charge is -2.41. The second kappa shape index (κ2) is 8.16. The highest BCUT2D eigenvalue weighted by Gasteiger charge is 2.43. The number of hydrogen-bond acceptors (Lipinski definition) is 7. The van der Waals surface area contributed by atoms with Crippen molar-refractivity contribution in [3.05, 3.63) is 72.8 Å². The molecule has 0 amide bonds. The van der Waals surface area contributed by atoms with E-state index in [1.54, 1.807) is 43.0 Å². The highest BCUT2D eigenvalue weighted by molar-refractivity contribution is 7.88. The van der Waals surface area contributed by atoms with Crippen LogP contribution in [-0.2, 0) is 15.6 Å². The van der Waals surface area contributed by atoms with Crippen molar-refractivity contribution < 1.29 is 12.8 Å². The number of imidazole rings is 1. The van der Waals surface area contributed by atoms with Gasteiger partial charge in [-0.25, -0.2) is 32.1 Å². The number of benzene rings is 1. The highest BCUT2D eigenvalue weighted by Crippen LogP contribution is 2.41. The topological polar surface area (TPSA) is 105 Å². The Hall–Kier alpha value is -3.44. The maximum Gasteiger partial charge on any atom is 0.223 e. The van der Waals surface area contributed by atoms with Crippen molar-refractivity contribution >= 4 is 21.6 Å². The molecule has 0 saturated carbocycles. The predicted octanol–water partition coefficient (Wildman–Crippen LogP) is 2.69. The van der Waals surface area contributed by atoms with Crippen molar-refractivity contribution in [2.45, 2.75) is 18.4 Å². The van der Waals surface area contributed by atoms with E-state index in [9.17, 15) is 12.8 Å². The van der Waals surface area contributed by atoms with Crippen LogP contribution in [0.5, 0.6) is 0 Å². The summed E-state index contributed by atoms with van der Waals surface area (Å²) in [6, 6.07) is 7.90. The smallest absolute Gasteiger partial charge is 0.223 e. The molecule has 4 aromatic rings. The van der Waals surface area contributed by atoms with E-state index in [-0.39, 0.29) is 5.82 Å². The number of sulfonamides is 1. The lowest BCUT2D eigenvalue weighted by molar-refractivity contribution is 0.251. The zero-order valence-corrected chi connectivity index (χ0v) is 18.7. The molecule has 0 radical (unpaired) electrons. The van der Waals surface area contributed by atoms with E-state index in [1.165, 1.54) is 22.7 Å². The van der Waals surface area contributed by atoms with Crippen LogP contribution < -0.4 is 5.32 Å². The maximum absolute atomic E-state index is 13.7. The van der Waals surface area contributed by atoms with Crippen molar-refractivity contribution in [1.29, 1.82) is 0 Å². The Balaban J connectivity index is 1.70. The summed E-state index contributed by atoms with van der Waals surface area (Å²) in [4.78, 5) is 17.7. The molecule has 5 rings (SSSR count). The van der Waals surface area contributed by atoms with E-state index in [0.717, 1.165) is 11.3 Å². The van der Waals surface area contributed by atoms with E-state index in [4.69, 9.17) is 4.98 Å². The zero-order valence-electron chi connectivity index (χ0n) is 17.9. The maximum atomic E-state index is 13.7. The Kier molecular flexibility index (Phi) is 5.29. The number of aromatic nitrogens is 5. The highest BCUT2D eigenvalue weighted by atomic mass is 32.2. The van der Waals surface area contributed by atoms with Crippen molar-refractivity contribution in [2.24, 2.45) is 0 Å². The Morgan fingerprint density at radius 1 is 1.06 bits per heavy atom. The number of anilines is 1. The molecule has 1 aromatic carbocycles. The number of rotatable bonds is 5. The molecule has 1 fully saturated rings. The number of halogens is 1. The summed E-state index contributed by atoms with van der Waals surface area (Å²) in [5, 5.41) is 3.48. The molecular formula is C22H22FN7O2S. The fourth-order valence-corrected chi connectivity index (χ4v) is 5.22. The number of nitrogens with one attached hydrogen (secondary N) is 1. The molecule has 170 valence electrons. The predicted molar refractivity (Wildman–Crippen MR) is 121 cm³/mol. The largest absolute Gasteiger partial charge is 0.343 e. The fourth-order valence-electron chi connectivity index (χ4n) is 4.37. The van der Waals surface area contributed by atoms with E-state index < -0.39 is 15.6 Å². The molecule has 0 bridgehead atoms. The second-order valence-electron chi connectivity index (χ2n) is 8.06. The van der Waals surface area contributed by atoms with Crippen molar-refractivity contribution in [3.8, 4) is 11.3 Å². The van der Waals surface area contributed by atoms with Gasteiger partial charge in [-0.2, -0.15) is 0 Å². The molecule has 9 nitrogen and oxygen atoms in total. The van der Waals surface area contributed by atoms with Crippen LogP contribution in [0.25, 0.3) is 16.9 Å². The third-order valence-electron chi connectivity index (χ3n) is 5.96. The molecule has 1 aliphatic heterocycles. The van der Waals surface area contributed by atoms with Crippen LogP contribution in [0.2, 0.25) is 0 Å². The average Bonchev–Trinajstić information content (AvgIpc) is 3.20. The monoisotopic (exact) mass is 467 g/mol. The van der Waals surface area contributed by atoms with E-state index in [0.29, 0.717) is 43.2 Å². The van der Waals surface area contributed by atoms with Crippen LogP contribution in [-0.4, -0.2) is 56.4 Å². The summed E-state index contributed by atoms with van der Waals surface area (Å²) >= 11 is 0. The van der Waals surface area contributed by atoms with Crippen molar-refractivity contribution in [1.82, 2.24) is 28.6 Å². The van der Waals surface area contributed by atoms with Gasteiger partial charge in [0.15, 0.2) is 5.65 Å². The lowest BCUT2D eigenvalue weighted by Crippen LogP contribution is -2.49. The molecule has 0 atom stereocenters. The molecule has 1 aliphatic rings. The summed E-state index contributed by atoms with van der Waals surface area (Å²) in [5.74, 6) is 0.0945. The van der Waals surface area contributed by atoms with Crippen molar-refractivity contribution in [3.63, 3.8) is 0 Å². The molecule has 3 aromatic heterocycles. The van der Waals surface area contributed by atoms with E-state index >= 15 is 0 Å². The van der Waals surface area contributed by atoms with E-state index in [1.807, 2.05) is 10.6 Å². The standard InChI is InChI=1S/C22H22FN7O2S/c1-33(31,32)29-12-7-22(8-13-29,28-21-25-9-2-10-26-21)20-19(16-3-5-17(23)6-4-16)27-18-15-24-11-14-30(18)20/h2-6,9-11,14-15H,7-8,12-13H2,1H3,(H,25,26,28). The minimum Gasteiger partial charge on any atom is -0.343 e. The summed E-state index contributed by atoms with van der Waals surface area (Å²) in [5.41, 5.74) is 2.14. The van der Waals surface area contributed by atoms with Gasteiger partial charge in [-0.05, 0) is 43.2 Å². The molecule has 4 heterocycles. The second-order valence-corrected chi connectivity index (χ2v) is 10.0. The number of nitrogens with zero attached hydrogens (tertiary/aromatic N) is 6. The summed E-state index contributed by atoms with van der Waals surface area (Å²) in [7, 11) is -3.33. The first-order valence-electron chi connectivity index (χ1n) is 10.4. The van der Waals surface area contributed by atoms with Gasteiger partial charge in [0.05, 0.1) is 29.4 Å². The third kappa shape index (κ3) is 4.05. The first kappa shape index (κ1) is 21.4. The molecule has 1 N–H and O–H groups in total. The SMILES string of the molecule is CS(=O)(=O)N1CCC(Nc2ncccn2)(c2c(-c3ccc(F)cc3)nc3cnccn23)CC1. The van der Waals surface area contributed by atoms with Gasteiger partial charge < -0.3 is 5.32 Å². The molecule has 0 unspecified atom stereocenters. The van der Waals surface area contributed by atoms with Crippen LogP contribution in [0.4, 0.5) is 10.3 Å². The first-order valence-corrected chi connectivity index (χ1v) is 12.3. The summed E-state index contributed by atoms with van der Waals surface area (Å²) < 4.78 is 41.5. The Bertz CT molecular complexity index is 1380. The van der Waals surface area contributed by atoms with Crippen LogP contribution >= 0.6 is 0 Å². The molecule has 0 spiro atoms. The van der Waals surface area contributed by atoms with Gasteiger partial charge in [-0.1, -0.05) is 0 Å². The van der Waals surface area contributed by atoms with Crippen molar-refractivity contribution in [2.75, 3.05) is 24.7 Å². The van der Waals surface area contributed by atoms with Crippen LogP contribution in [0.15, 0.2) is 61.3 Å². The Morgan fingerprint density at radius 3 is 2.42 bits per heavy atom. The minimum absolute atomic E-state index is 0.319. The molecular weight excluding hydrogens is 445 g/mol. The molecule has 11 heteroatoms. The van der Waals surface area contributed by atoms with Gasteiger partial charge in [0.25, 0.3) is 0 Å². The van der Waals surface area contributed by atoms with Crippen LogP contribution in [0.1, 0.15) is 18.5 Å². The molecule has 1 saturated heterocycles. The Labute approximate surface area is 190 Å². The normalized spacial score (nSPS) is 16.7. The van der Waals surface area contributed by atoms with Gasteiger partial charge >= 0.3 is 0 Å². The van der Waals surface area contributed by atoms with Gasteiger partial charge in [0.1, 0.15) is 5.82 Å². The average molecular weight is 468 g/mol. The summed E-state index contributed by atoms with van der Waals surface area (Å²) in [6.07, 6.45) is 10.6. The third-order valence-corrected chi connectivity index (χ3v) is 7.27. The quantitative estimate of drug-likeness (QED) is 0.481. The fraction of sp³-hybridized carbons (Fsp3) is 0.273. The zero-order chi connectivity index (χ0) is 23.1. The Morgan fingerprint density at radius 2 is 1.76 bits per heavy atom. The molecule has 0 aliphatic carbocycles. The minimum atomic E-state index is -3.33. The number of fused-ring (bicyclic) bond motifs is 1. The van der Waals surface area contributed by atoms with E-state index in [2.05, 4.69) is 20.3 Å². The van der Waals surface area contributed by atoms with Gasteiger partial charge in [0.2, 0.25) is 16.0 Å². The summed E-state index contributed by atoms with van der Waals surface area (Å²) in [6.45, 7) is 0.639. The van der Waals surface area contributed by atoms with Gasteiger partial charge in [-0.3, -0.25) is 9.38 Å².